The summed E-state index contributed by atoms with van der Waals surface area (Å²) in [5.74, 6) is 1.15. The second-order valence-corrected chi connectivity index (χ2v) is 8.87. The summed E-state index contributed by atoms with van der Waals surface area (Å²) in [6.07, 6.45) is 1.24. The van der Waals surface area contributed by atoms with Gasteiger partial charge in [-0.25, -0.2) is 0 Å². The van der Waals surface area contributed by atoms with Gasteiger partial charge >= 0.3 is 0 Å². The maximum Gasteiger partial charge on any atom is 0.277 e. The van der Waals surface area contributed by atoms with E-state index in [2.05, 4.69) is 15.5 Å². The van der Waals surface area contributed by atoms with Gasteiger partial charge in [0.2, 0.25) is 11.8 Å². The van der Waals surface area contributed by atoms with E-state index in [-0.39, 0.29) is 11.7 Å². The van der Waals surface area contributed by atoms with Crippen LogP contribution in [-0.4, -0.2) is 28.5 Å². The summed E-state index contributed by atoms with van der Waals surface area (Å²) in [6.45, 7) is 6.45. The van der Waals surface area contributed by atoms with Crippen LogP contribution in [0.4, 0.5) is 5.69 Å². The third kappa shape index (κ3) is 6.89. The third-order valence-corrected chi connectivity index (χ3v) is 5.75. The van der Waals surface area contributed by atoms with E-state index in [1.54, 1.807) is 18.2 Å². The first kappa shape index (κ1) is 23.4. The molecule has 1 aromatic heterocycles. The maximum atomic E-state index is 12.3. The minimum Gasteiger partial charge on any atom is -0.492 e. The van der Waals surface area contributed by atoms with Gasteiger partial charge in [-0.3, -0.25) is 4.79 Å². The van der Waals surface area contributed by atoms with E-state index in [1.807, 2.05) is 32.9 Å². The normalized spacial score (nSPS) is 10.9. The van der Waals surface area contributed by atoms with E-state index in [4.69, 9.17) is 32.4 Å². The number of aromatic nitrogens is 2. The number of nitrogens with zero attached hydrogens (tertiary/aromatic N) is 2. The number of hydrogen-bond acceptors (Lipinski definition) is 6. The topological polar surface area (TPSA) is 77.2 Å². The average molecular weight is 480 g/mol. The van der Waals surface area contributed by atoms with Crippen LogP contribution in [0.25, 0.3) is 0 Å². The Morgan fingerprint density at radius 1 is 1.13 bits per heavy atom. The van der Waals surface area contributed by atoms with Crippen LogP contribution >= 0.6 is 35.0 Å². The molecule has 164 valence electrons. The van der Waals surface area contributed by atoms with Gasteiger partial charge in [-0.05, 0) is 56.5 Å². The number of amides is 1. The van der Waals surface area contributed by atoms with Crippen molar-refractivity contribution in [3.8, 4) is 5.75 Å². The zero-order valence-corrected chi connectivity index (χ0v) is 19.8. The number of benzene rings is 2. The summed E-state index contributed by atoms with van der Waals surface area (Å²) in [4.78, 5) is 12.3. The van der Waals surface area contributed by atoms with Crippen LogP contribution in [-0.2, 0) is 11.2 Å². The van der Waals surface area contributed by atoms with Crippen LogP contribution in [0.5, 0.6) is 5.75 Å². The predicted molar refractivity (Wildman–Crippen MR) is 125 cm³/mol. The molecule has 1 heterocycles. The van der Waals surface area contributed by atoms with Gasteiger partial charge in [0.15, 0.2) is 0 Å². The molecule has 0 aliphatic carbocycles. The molecule has 0 spiro atoms. The molecule has 0 saturated heterocycles. The molecular weight excluding hydrogens is 457 g/mol. The third-order valence-electron chi connectivity index (χ3n) is 4.40. The molecule has 6 nitrogen and oxygen atoms in total. The summed E-state index contributed by atoms with van der Waals surface area (Å²) in [5.41, 5.74) is 4.10. The molecule has 3 aromatic rings. The van der Waals surface area contributed by atoms with Crippen molar-refractivity contribution >= 4 is 46.6 Å². The van der Waals surface area contributed by atoms with Crippen molar-refractivity contribution in [3.05, 3.63) is 63.0 Å². The molecule has 0 atom stereocenters. The molecular formula is C22H23Cl2N3O3S. The smallest absolute Gasteiger partial charge is 0.277 e. The summed E-state index contributed by atoms with van der Waals surface area (Å²) >= 11 is 13.2. The zero-order chi connectivity index (χ0) is 22.4. The lowest BCUT2D eigenvalue weighted by Crippen LogP contribution is -2.15. The number of carbonyl (C=O) groups excluding carboxylic acids is 1. The number of carbonyl (C=O) groups is 1. The van der Waals surface area contributed by atoms with Crippen LogP contribution in [0.15, 0.2) is 40.0 Å². The highest BCUT2D eigenvalue weighted by atomic mass is 35.5. The Bertz CT molecular complexity index is 1050. The molecule has 31 heavy (non-hydrogen) atoms. The minimum absolute atomic E-state index is 0.118. The van der Waals surface area contributed by atoms with Crippen molar-refractivity contribution in [1.82, 2.24) is 10.2 Å². The van der Waals surface area contributed by atoms with Crippen molar-refractivity contribution in [2.24, 2.45) is 0 Å². The minimum atomic E-state index is -0.118. The number of aryl methyl sites for hydroxylation is 4. The molecule has 1 amide bonds. The number of nitrogens with one attached hydrogen (secondary N) is 1. The molecule has 0 fully saturated rings. The monoisotopic (exact) mass is 479 g/mol. The van der Waals surface area contributed by atoms with Crippen molar-refractivity contribution in [1.29, 1.82) is 0 Å². The lowest BCUT2D eigenvalue weighted by Gasteiger charge is -2.12. The first-order chi connectivity index (χ1) is 14.8. The number of rotatable bonds is 9. The van der Waals surface area contributed by atoms with E-state index in [9.17, 15) is 4.79 Å². The molecule has 0 bridgehead atoms. The Morgan fingerprint density at radius 2 is 1.87 bits per heavy atom. The number of ether oxygens (including phenoxy) is 1. The van der Waals surface area contributed by atoms with Crippen molar-refractivity contribution in [2.45, 2.75) is 38.8 Å². The Kier molecular flexibility index (Phi) is 8.23. The van der Waals surface area contributed by atoms with Gasteiger partial charge in [0.1, 0.15) is 5.75 Å². The average Bonchev–Trinajstić information content (AvgIpc) is 3.15. The first-order valence-electron chi connectivity index (χ1n) is 9.72. The molecule has 2 aromatic carbocycles. The van der Waals surface area contributed by atoms with Gasteiger partial charge < -0.3 is 14.5 Å². The Morgan fingerprint density at radius 3 is 2.58 bits per heavy atom. The van der Waals surface area contributed by atoms with Gasteiger partial charge in [-0.1, -0.05) is 52.7 Å². The highest BCUT2D eigenvalue weighted by Gasteiger charge is 2.12. The Labute approximate surface area is 195 Å². The molecule has 0 aliphatic rings. The fourth-order valence-corrected chi connectivity index (χ4v) is 4.12. The Hall–Kier alpha value is -2.22. The number of thioether (sulfide) groups is 1. The van der Waals surface area contributed by atoms with Gasteiger partial charge in [-0.2, -0.15) is 0 Å². The summed E-state index contributed by atoms with van der Waals surface area (Å²) in [5, 5.41) is 12.4. The highest BCUT2D eigenvalue weighted by molar-refractivity contribution is 7.99. The summed E-state index contributed by atoms with van der Waals surface area (Å²) in [6, 6.07) is 9.19. The quantitative estimate of drug-likeness (QED) is 0.297. The van der Waals surface area contributed by atoms with Gasteiger partial charge in [-0.15, -0.1) is 10.2 Å². The van der Waals surface area contributed by atoms with E-state index < -0.39 is 0 Å². The molecule has 0 saturated carbocycles. The number of anilines is 1. The van der Waals surface area contributed by atoms with Crippen molar-refractivity contribution < 1.29 is 13.9 Å². The maximum absolute atomic E-state index is 12.3. The van der Waals surface area contributed by atoms with E-state index in [1.165, 1.54) is 17.3 Å². The van der Waals surface area contributed by atoms with Crippen molar-refractivity contribution in [2.75, 3.05) is 17.7 Å². The SMILES string of the molecule is Cc1cc(C)c(NC(=O)CSc2nnc(CCCOc3ccc(Cl)cc3Cl)o2)c(C)c1. The lowest BCUT2D eigenvalue weighted by atomic mass is 10.1. The second kappa shape index (κ2) is 10.9. The highest BCUT2D eigenvalue weighted by Crippen LogP contribution is 2.28. The largest absolute Gasteiger partial charge is 0.492 e. The van der Waals surface area contributed by atoms with Crippen LogP contribution in [0.1, 0.15) is 29.0 Å². The molecule has 3 rings (SSSR count). The molecule has 9 heteroatoms. The number of halogens is 2. The lowest BCUT2D eigenvalue weighted by molar-refractivity contribution is -0.113. The summed E-state index contributed by atoms with van der Waals surface area (Å²) < 4.78 is 11.2. The van der Waals surface area contributed by atoms with Crippen LogP contribution < -0.4 is 10.1 Å². The second-order valence-electron chi connectivity index (χ2n) is 7.10. The summed E-state index contributed by atoms with van der Waals surface area (Å²) in [7, 11) is 0. The van der Waals surface area contributed by atoms with Gasteiger partial charge in [0.05, 0.1) is 17.4 Å². The van der Waals surface area contributed by atoms with Crippen LogP contribution in [0.2, 0.25) is 10.0 Å². The molecule has 0 unspecified atom stereocenters. The Balaban J connectivity index is 1.42. The van der Waals surface area contributed by atoms with E-state index in [0.29, 0.717) is 46.4 Å². The van der Waals surface area contributed by atoms with E-state index >= 15 is 0 Å². The predicted octanol–water partition coefficient (Wildman–Crippen LogP) is 6.04. The molecule has 0 aliphatic heterocycles. The first-order valence-corrected chi connectivity index (χ1v) is 11.5. The number of hydrogen-bond donors (Lipinski definition) is 1. The standard InChI is InChI=1S/C22H23Cl2N3O3S/c1-13-9-14(2)21(15(3)10-13)25-19(28)12-31-22-27-26-20(30-22)5-4-8-29-18-7-6-16(23)11-17(18)24/h6-7,9-11H,4-5,8,12H2,1-3H3,(H,25,28). The van der Waals surface area contributed by atoms with Crippen LogP contribution in [0.3, 0.4) is 0 Å². The zero-order valence-electron chi connectivity index (χ0n) is 17.5. The fraction of sp³-hybridized carbons (Fsp3) is 0.318. The van der Waals surface area contributed by atoms with Crippen molar-refractivity contribution in [3.63, 3.8) is 0 Å². The van der Waals surface area contributed by atoms with Gasteiger partial charge in [0, 0.05) is 17.1 Å². The molecule has 0 radical (unpaired) electrons. The van der Waals surface area contributed by atoms with Gasteiger partial charge in [0.25, 0.3) is 5.22 Å². The van der Waals surface area contributed by atoms with Crippen LogP contribution in [0, 0.1) is 20.8 Å². The fourth-order valence-electron chi connectivity index (χ4n) is 3.08. The van der Waals surface area contributed by atoms with E-state index in [0.717, 1.165) is 16.8 Å². The molecule has 1 N–H and O–H groups in total.